The first-order chi connectivity index (χ1) is 10.5. The van der Waals surface area contributed by atoms with Crippen LogP contribution in [0.15, 0.2) is 52.0 Å². The van der Waals surface area contributed by atoms with Gasteiger partial charge >= 0.3 is 0 Å². The molecule has 0 fully saturated rings. The SMILES string of the molecule is O=C(COc1cccc(F)c1)N/N=C\c1ccc(Br)cc1F. The van der Waals surface area contributed by atoms with E-state index in [1.165, 1.54) is 36.5 Å². The van der Waals surface area contributed by atoms with Crippen LogP contribution in [0.3, 0.4) is 0 Å². The Morgan fingerprint density at radius 1 is 1.27 bits per heavy atom. The Kier molecular flexibility index (Phi) is 5.60. The van der Waals surface area contributed by atoms with Gasteiger partial charge in [-0.2, -0.15) is 5.10 Å². The number of hydrazone groups is 1. The number of ether oxygens (including phenoxy) is 1. The molecule has 1 amide bonds. The molecule has 0 aliphatic rings. The van der Waals surface area contributed by atoms with Gasteiger partial charge in [-0.1, -0.05) is 22.0 Å². The van der Waals surface area contributed by atoms with Crippen LogP contribution >= 0.6 is 15.9 Å². The van der Waals surface area contributed by atoms with Crippen molar-refractivity contribution in [1.29, 1.82) is 0 Å². The molecule has 1 N–H and O–H groups in total. The third kappa shape index (κ3) is 4.92. The summed E-state index contributed by atoms with van der Waals surface area (Å²) >= 11 is 3.14. The van der Waals surface area contributed by atoms with Crippen molar-refractivity contribution in [2.75, 3.05) is 6.61 Å². The van der Waals surface area contributed by atoms with Crippen LogP contribution in [0.5, 0.6) is 5.75 Å². The van der Waals surface area contributed by atoms with E-state index < -0.39 is 17.5 Å². The summed E-state index contributed by atoms with van der Waals surface area (Å²) in [5.74, 6) is -1.24. The van der Waals surface area contributed by atoms with Crippen LogP contribution < -0.4 is 10.2 Å². The zero-order valence-corrected chi connectivity index (χ0v) is 12.8. The van der Waals surface area contributed by atoms with Crippen LogP contribution in [-0.2, 0) is 4.79 Å². The van der Waals surface area contributed by atoms with Gasteiger partial charge in [-0.05, 0) is 30.3 Å². The maximum atomic E-state index is 13.5. The van der Waals surface area contributed by atoms with Crippen LogP contribution in [0.2, 0.25) is 0 Å². The average molecular weight is 369 g/mol. The highest BCUT2D eigenvalue weighted by molar-refractivity contribution is 9.10. The number of carbonyl (C=O) groups is 1. The second-order valence-electron chi connectivity index (χ2n) is 4.21. The monoisotopic (exact) mass is 368 g/mol. The van der Waals surface area contributed by atoms with E-state index in [0.29, 0.717) is 4.47 Å². The summed E-state index contributed by atoms with van der Waals surface area (Å²) in [6.45, 7) is -0.330. The molecule has 114 valence electrons. The molecule has 0 unspecified atom stereocenters. The molecule has 22 heavy (non-hydrogen) atoms. The predicted octanol–water partition coefficient (Wildman–Crippen LogP) is 3.26. The molecule has 2 rings (SSSR count). The van der Waals surface area contributed by atoms with Crippen LogP contribution in [0.4, 0.5) is 8.78 Å². The minimum Gasteiger partial charge on any atom is -0.484 e. The third-order valence-corrected chi connectivity index (χ3v) is 3.01. The van der Waals surface area contributed by atoms with E-state index in [1.54, 1.807) is 6.07 Å². The van der Waals surface area contributed by atoms with Gasteiger partial charge in [0, 0.05) is 16.1 Å². The topological polar surface area (TPSA) is 50.7 Å². The second-order valence-corrected chi connectivity index (χ2v) is 5.12. The third-order valence-electron chi connectivity index (χ3n) is 2.52. The van der Waals surface area contributed by atoms with Gasteiger partial charge in [0.1, 0.15) is 17.4 Å². The lowest BCUT2D eigenvalue weighted by molar-refractivity contribution is -0.123. The number of amides is 1. The zero-order valence-electron chi connectivity index (χ0n) is 11.2. The fourth-order valence-corrected chi connectivity index (χ4v) is 1.85. The number of nitrogens with zero attached hydrogens (tertiary/aromatic N) is 1. The normalized spacial score (nSPS) is 10.7. The van der Waals surface area contributed by atoms with Crippen molar-refractivity contribution in [2.45, 2.75) is 0 Å². The largest absolute Gasteiger partial charge is 0.484 e. The molecule has 2 aromatic rings. The molecule has 4 nitrogen and oxygen atoms in total. The fraction of sp³-hybridized carbons (Fsp3) is 0.0667. The Hall–Kier alpha value is -2.28. The van der Waals surface area contributed by atoms with Gasteiger partial charge in [0.2, 0.25) is 0 Å². The standard InChI is InChI=1S/C15H11BrF2N2O2/c16-11-5-4-10(14(18)6-11)8-19-20-15(21)9-22-13-3-1-2-12(17)7-13/h1-8H,9H2,(H,20,21)/b19-8-. The molecule has 7 heteroatoms. The maximum absolute atomic E-state index is 13.5. The Bertz CT molecular complexity index is 708. The summed E-state index contributed by atoms with van der Waals surface area (Å²) in [6.07, 6.45) is 1.18. The van der Waals surface area contributed by atoms with Gasteiger partial charge in [0.15, 0.2) is 6.61 Å². The predicted molar refractivity (Wildman–Crippen MR) is 81.7 cm³/mol. The summed E-state index contributed by atoms with van der Waals surface area (Å²) in [6, 6.07) is 9.87. The van der Waals surface area contributed by atoms with E-state index in [2.05, 4.69) is 26.5 Å². The van der Waals surface area contributed by atoms with Crippen molar-refractivity contribution in [1.82, 2.24) is 5.43 Å². The molecule has 0 radical (unpaired) electrons. The van der Waals surface area contributed by atoms with Crippen molar-refractivity contribution in [3.05, 3.63) is 64.1 Å². The molecule has 2 aromatic carbocycles. The summed E-state index contributed by atoms with van der Waals surface area (Å²) in [4.78, 5) is 11.5. The summed E-state index contributed by atoms with van der Waals surface area (Å²) in [5, 5.41) is 3.63. The Morgan fingerprint density at radius 2 is 2.09 bits per heavy atom. The molecule has 0 aromatic heterocycles. The summed E-state index contributed by atoms with van der Waals surface area (Å²) < 4.78 is 32.1. The number of hydrogen-bond acceptors (Lipinski definition) is 3. The van der Waals surface area contributed by atoms with Crippen LogP contribution in [0.25, 0.3) is 0 Å². The van der Waals surface area contributed by atoms with Crippen molar-refractivity contribution in [3.63, 3.8) is 0 Å². The van der Waals surface area contributed by atoms with E-state index in [9.17, 15) is 13.6 Å². The van der Waals surface area contributed by atoms with Crippen molar-refractivity contribution in [3.8, 4) is 5.75 Å². The Labute approximate surface area is 133 Å². The van der Waals surface area contributed by atoms with Gasteiger partial charge in [0.05, 0.1) is 6.21 Å². The molecular formula is C15H11BrF2N2O2. The van der Waals surface area contributed by atoms with Crippen LogP contribution in [-0.4, -0.2) is 18.7 Å². The highest BCUT2D eigenvalue weighted by Crippen LogP contribution is 2.14. The Balaban J connectivity index is 1.83. The highest BCUT2D eigenvalue weighted by atomic mass is 79.9. The van der Waals surface area contributed by atoms with Gasteiger partial charge in [0.25, 0.3) is 5.91 Å². The lowest BCUT2D eigenvalue weighted by Crippen LogP contribution is -2.24. The molecule has 0 saturated carbocycles. The molecule has 0 heterocycles. The quantitative estimate of drug-likeness (QED) is 0.650. The van der Waals surface area contributed by atoms with E-state index in [4.69, 9.17) is 4.74 Å². The van der Waals surface area contributed by atoms with E-state index >= 15 is 0 Å². The summed E-state index contributed by atoms with van der Waals surface area (Å²) in [7, 11) is 0. The number of benzene rings is 2. The second kappa shape index (κ2) is 7.65. The van der Waals surface area contributed by atoms with Crippen molar-refractivity contribution >= 4 is 28.1 Å². The van der Waals surface area contributed by atoms with Gasteiger partial charge in [-0.15, -0.1) is 0 Å². The van der Waals surface area contributed by atoms with Gasteiger partial charge in [-0.3, -0.25) is 4.79 Å². The minimum absolute atomic E-state index is 0.231. The Morgan fingerprint density at radius 3 is 2.82 bits per heavy atom. The average Bonchev–Trinajstić information content (AvgIpc) is 2.47. The minimum atomic E-state index is -0.543. The fourth-order valence-electron chi connectivity index (χ4n) is 1.52. The molecule has 0 atom stereocenters. The first-order valence-electron chi connectivity index (χ1n) is 6.20. The van der Waals surface area contributed by atoms with Crippen molar-refractivity contribution < 1.29 is 18.3 Å². The van der Waals surface area contributed by atoms with Gasteiger partial charge < -0.3 is 4.74 Å². The maximum Gasteiger partial charge on any atom is 0.277 e. The lowest BCUT2D eigenvalue weighted by Gasteiger charge is -2.04. The number of halogens is 3. The molecule has 0 saturated heterocycles. The van der Waals surface area contributed by atoms with E-state index in [-0.39, 0.29) is 17.9 Å². The number of rotatable bonds is 5. The summed E-state index contributed by atoms with van der Waals surface area (Å²) in [5.41, 5.74) is 2.42. The van der Waals surface area contributed by atoms with E-state index in [0.717, 1.165) is 6.07 Å². The molecule has 0 bridgehead atoms. The highest BCUT2D eigenvalue weighted by Gasteiger charge is 2.03. The van der Waals surface area contributed by atoms with Crippen LogP contribution in [0.1, 0.15) is 5.56 Å². The van der Waals surface area contributed by atoms with E-state index in [1.807, 2.05) is 0 Å². The smallest absolute Gasteiger partial charge is 0.277 e. The first-order valence-corrected chi connectivity index (χ1v) is 6.99. The van der Waals surface area contributed by atoms with Crippen molar-refractivity contribution in [2.24, 2.45) is 5.10 Å². The number of hydrogen-bond donors (Lipinski definition) is 1. The first kappa shape index (κ1) is 16.1. The molecule has 0 spiro atoms. The number of nitrogens with one attached hydrogen (secondary N) is 1. The molecular weight excluding hydrogens is 358 g/mol. The number of carbonyl (C=O) groups excluding carboxylic acids is 1. The zero-order chi connectivity index (χ0) is 15.9. The lowest BCUT2D eigenvalue weighted by atomic mass is 10.2. The molecule has 0 aliphatic carbocycles. The van der Waals surface area contributed by atoms with Crippen LogP contribution in [0, 0.1) is 11.6 Å². The van der Waals surface area contributed by atoms with Gasteiger partial charge in [-0.25, -0.2) is 14.2 Å². The molecule has 0 aliphatic heterocycles.